The third kappa shape index (κ3) is 2.86. The average Bonchev–Trinajstić information content (AvgIpc) is 2.34. The number of nitrogens with one attached hydrogen (secondary N) is 1. The molecule has 18 heavy (non-hydrogen) atoms. The summed E-state index contributed by atoms with van der Waals surface area (Å²) in [6.45, 7) is 2.75. The quantitative estimate of drug-likeness (QED) is 0.869. The van der Waals surface area contributed by atoms with Crippen molar-refractivity contribution in [3.05, 3.63) is 29.8 Å². The minimum atomic E-state index is -0.564. The van der Waals surface area contributed by atoms with Gasteiger partial charge in [0.2, 0.25) is 0 Å². The van der Waals surface area contributed by atoms with Crippen molar-refractivity contribution in [3.63, 3.8) is 0 Å². The number of carbonyl (C=O) groups excluding carboxylic acids is 1. The van der Waals surface area contributed by atoms with Crippen molar-refractivity contribution in [1.29, 1.82) is 5.26 Å². The van der Waals surface area contributed by atoms with Crippen molar-refractivity contribution in [2.45, 2.75) is 19.1 Å². The zero-order valence-electron chi connectivity index (χ0n) is 10.1. The molecule has 1 amide bonds. The summed E-state index contributed by atoms with van der Waals surface area (Å²) in [6.07, 6.45) is -0.567. The number of nitriles is 1. The molecule has 1 aromatic carbocycles. The predicted molar refractivity (Wildman–Crippen MR) is 64.9 cm³/mol. The monoisotopic (exact) mass is 246 g/mol. The van der Waals surface area contributed by atoms with Gasteiger partial charge in [-0.2, -0.15) is 5.26 Å². The lowest BCUT2D eigenvalue weighted by Crippen LogP contribution is -2.41. The lowest BCUT2D eigenvalue weighted by molar-refractivity contribution is -0.161. The van der Waals surface area contributed by atoms with Crippen LogP contribution in [0.15, 0.2) is 24.3 Å². The number of ether oxygens (including phenoxy) is 2. The van der Waals surface area contributed by atoms with Crippen molar-refractivity contribution in [1.82, 2.24) is 0 Å². The van der Waals surface area contributed by atoms with Gasteiger partial charge in [0.15, 0.2) is 0 Å². The van der Waals surface area contributed by atoms with Gasteiger partial charge in [-0.05, 0) is 19.1 Å². The van der Waals surface area contributed by atoms with E-state index in [1.807, 2.05) is 6.07 Å². The van der Waals surface area contributed by atoms with Crippen molar-refractivity contribution in [2.24, 2.45) is 0 Å². The number of benzene rings is 1. The summed E-state index contributed by atoms with van der Waals surface area (Å²) in [7, 11) is 0. The van der Waals surface area contributed by atoms with Gasteiger partial charge in [0, 0.05) is 0 Å². The molecule has 5 heteroatoms. The number of hydrogen-bond donors (Lipinski definition) is 1. The molecule has 0 aliphatic carbocycles. The van der Waals surface area contributed by atoms with Crippen LogP contribution in [0.1, 0.15) is 12.5 Å². The minimum Gasteiger partial charge on any atom is -0.376 e. The Labute approximate surface area is 105 Å². The Morgan fingerprint density at radius 1 is 1.56 bits per heavy atom. The zero-order valence-corrected chi connectivity index (χ0v) is 10.1. The lowest BCUT2D eigenvalue weighted by Gasteiger charge is -2.28. The van der Waals surface area contributed by atoms with Gasteiger partial charge >= 0.3 is 0 Å². The van der Waals surface area contributed by atoms with Crippen molar-refractivity contribution in [2.75, 3.05) is 18.5 Å². The molecule has 0 saturated carbocycles. The highest BCUT2D eigenvalue weighted by Crippen LogP contribution is 2.15. The summed E-state index contributed by atoms with van der Waals surface area (Å²) in [5, 5.41) is 11.6. The van der Waals surface area contributed by atoms with E-state index in [4.69, 9.17) is 14.7 Å². The van der Waals surface area contributed by atoms with E-state index in [9.17, 15) is 4.79 Å². The summed E-state index contributed by atoms with van der Waals surface area (Å²) in [5.74, 6) is -0.260. The Morgan fingerprint density at radius 2 is 2.28 bits per heavy atom. The number of para-hydroxylation sites is 1. The van der Waals surface area contributed by atoms with Crippen molar-refractivity contribution in [3.8, 4) is 6.07 Å². The number of hydrogen-bond acceptors (Lipinski definition) is 4. The Balaban J connectivity index is 1.95. The molecule has 94 valence electrons. The molecule has 1 aliphatic heterocycles. The maximum Gasteiger partial charge on any atom is 0.253 e. The minimum absolute atomic E-state index is 0.00281. The number of anilines is 1. The molecule has 1 aliphatic rings. The second-order valence-corrected chi connectivity index (χ2v) is 4.08. The van der Waals surface area contributed by atoms with E-state index in [1.165, 1.54) is 0 Å². The molecule has 0 aromatic heterocycles. The number of rotatable bonds is 4. The van der Waals surface area contributed by atoms with Crippen LogP contribution in [0.3, 0.4) is 0 Å². The van der Waals surface area contributed by atoms with Crippen LogP contribution in [-0.4, -0.2) is 31.3 Å². The molecule has 1 N–H and O–H groups in total. The molecular weight excluding hydrogens is 232 g/mol. The highest BCUT2D eigenvalue weighted by Gasteiger charge is 2.25. The van der Waals surface area contributed by atoms with E-state index in [-0.39, 0.29) is 12.0 Å². The predicted octanol–water partition coefficient (Wildman–Crippen LogP) is 1.30. The lowest BCUT2D eigenvalue weighted by atomic mass is 10.2. The first-order chi connectivity index (χ1) is 8.70. The van der Waals surface area contributed by atoms with Crippen LogP contribution in [0.25, 0.3) is 0 Å². The van der Waals surface area contributed by atoms with Crippen LogP contribution < -0.4 is 5.32 Å². The maximum absolute atomic E-state index is 11.9. The molecular formula is C13H14N2O3. The first-order valence-electron chi connectivity index (χ1n) is 5.74. The van der Waals surface area contributed by atoms with Gasteiger partial charge in [-0.25, -0.2) is 0 Å². The average molecular weight is 246 g/mol. The molecule has 5 nitrogen and oxygen atoms in total. The van der Waals surface area contributed by atoms with Gasteiger partial charge in [-0.1, -0.05) is 12.1 Å². The molecule has 0 bridgehead atoms. The van der Waals surface area contributed by atoms with Gasteiger partial charge in [0.25, 0.3) is 5.91 Å². The van der Waals surface area contributed by atoms with E-state index in [0.29, 0.717) is 24.5 Å². The standard InChI is InChI=1S/C13H14N2O3/c1-9(18-11-7-17-8-11)13(16)15-12-5-3-2-4-10(12)6-14/h2-5,9,11H,7-8H2,1H3,(H,15,16). The second-order valence-electron chi connectivity index (χ2n) is 4.08. The second kappa shape index (κ2) is 5.63. The molecule has 1 fully saturated rings. The van der Waals surface area contributed by atoms with Crippen LogP contribution >= 0.6 is 0 Å². The highest BCUT2D eigenvalue weighted by molar-refractivity contribution is 5.95. The Bertz CT molecular complexity index is 477. The van der Waals surface area contributed by atoms with Crippen LogP contribution in [0.2, 0.25) is 0 Å². The molecule has 1 atom stereocenters. The van der Waals surface area contributed by atoms with Crippen LogP contribution in [0.5, 0.6) is 0 Å². The van der Waals surface area contributed by atoms with Crippen LogP contribution in [-0.2, 0) is 14.3 Å². The number of carbonyl (C=O) groups is 1. The van der Waals surface area contributed by atoms with E-state index in [2.05, 4.69) is 5.32 Å². The third-order valence-corrected chi connectivity index (χ3v) is 2.68. The summed E-state index contributed by atoms with van der Waals surface area (Å²) in [6, 6.07) is 8.89. The fraction of sp³-hybridized carbons (Fsp3) is 0.385. The van der Waals surface area contributed by atoms with Crippen molar-refractivity contribution >= 4 is 11.6 Å². The van der Waals surface area contributed by atoms with Gasteiger partial charge < -0.3 is 14.8 Å². The summed E-state index contributed by atoms with van der Waals surface area (Å²) in [4.78, 5) is 11.9. The maximum atomic E-state index is 11.9. The third-order valence-electron chi connectivity index (χ3n) is 2.68. The van der Waals surface area contributed by atoms with E-state index < -0.39 is 6.10 Å². The fourth-order valence-electron chi connectivity index (χ4n) is 1.57. The molecule has 1 unspecified atom stereocenters. The number of nitrogens with zero attached hydrogens (tertiary/aromatic N) is 1. The highest BCUT2D eigenvalue weighted by atomic mass is 16.6. The summed E-state index contributed by atoms with van der Waals surface area (Å²) < 4.78 is 10.4. The largest absolute Gasteiger partial charge is 0.376 e. The van der Waals surface area contributed by atoms with E-state index >= 15 is 0 Å². The zero-order chi connectivity index (χ0) is 13.0. The van der Waals surface area contributed by atoms with E-state index in [0.717, 1.165) is 0 Å². The number of amides is 1. The van der Waals surface area contributed by atoms with Gasteiger partial charge in [-0.3, -0.25) is 4.79 Å². The summed E-state index contributed by atoms with van der Waals surface area (Å²) >= 11 is 0. The van der Waals surface area contributed by atoms with Gasteiger partial charge in [0.05, 0.1) is 24.5 Å². The first kappa shape index (κ1) is 12.6. The first-order valence-corrected chi connectivity index (χ1v) is 5.74. The molecule has 1 heterocycles. The smallest absolute Gasteiger partial charge is 0.253 e. The molecule has 0 spiro atoms. The van der Waals surface area contributed by atoms with Crippen LogP contribution in [0.4, 0.5) is 5.69 Å². The fourth-order valence-corrected chi connectivity index (χ4v) is 1.57. The Hall–Kier alpha value is -1.90. The molecule has 1 aromatic rings. The molecule has 0 radical (unpaired) electrons. The summed E-state index contributed by atoms with van der Waals surface area (Å²) in [5.41, 5.74) is 0.940. The van der Waals surface area contributed by atoms with Crippen LogP contribution in [0, 0.1) is 11.3 Å². The van der Waals surface area contributed by atoms with E-state index in [1.54, 1.807) is 31.2 Å². The SMILES string of the molecule is CC(OC1COC1)C(=O)Nc1ccccc1C#N. The van der Waals surface area contributed by atoms with Crippen molar-refractivity contribution < 1.29 is 14.3 Å². The normalized spacial score (nSPS) is 16.4. The topological polar surface area (TPSA) is 71.3 Å². The molecule has 2 rings (SSSR count). The molecule has 1 saturated heterocycles. The van der Waals surface area contributed by atoms with Gasteiger partial charge in [-0.15, -0.1) is 0 Å². The van der Waals surface area contributed by atoms with Gasteiger partial charge in [0.1, 0.15) is 18.3 Å². The Morgan fingerprint density at radius 3 is 2.89 bits per heavy atom. The Kier molecular flexibility index (Phi) is 3.92.